The van der Waals surface area contributed by atoms with E-state index in [1.807, 2.05) is 7.05 Å². The maximum absolute atomic E-state index is 11.6. The molecule has 110 valence electrons. The van der Waals surface area contributed by atoms with Gasteiger partial charge in [0.05, 0.1) is 0 Å². The topological polar surface area (TPSA) is 44.4 Å². The quantitative estimate of drug-likeness (QED) is 0.833. The lowest BCUT2D eigenvalue weighted by Crippen LogP contribution is -2.32. The molecule has 0 bridgehead atoms. The number of carbonyl (C=O) groups is 1. The minimum atomic E-state index is 0.140. The normalized spacial score (nSPS) is 18.3. The fraction of sp³-hybridized carbons (Fsp3) is 0.533. The first-order chi connectivity index (χ1) is 9.69. The minimum Gasteiger partial charge on any atom is -0.371 e. The van der Waals surface area contributed by atoms with E-state index in [4.69, 9.17) is 0 Å². The van der Waals surface area contributed by atoms with Crippen LogP contribution in [0.4, 0.5) is 5.69 Å². The van der Waals surface area contributed by atoms with Crippen LogP contribution in [0.15, 0.2) is 28.7 Å². The third-order valence-corrected chi connectivity index (χ3v) is 4.20. The SMILES string of the molecule is CNCCC(=O)NCC1CCN(c2ccc(Br)cc2)C1. The van der Waals surface area contributed by atoms with E-state index in [1.165, 1.54) is 5.69 Å². The van der Waals surface area contributed by atoms with Gasteiger partial charge >= 0.3 is 0 Å². The van der Waals surface area contributed by atoms with Crippen LogP contribution in [-0.4, -0.2) is 39.1 Å². The Morgan fingerprint density at radius 3 is 2.85 bits per heavy atom. The summed E-state index contributed by atoms with van der Waals surface area (Å²) in [5.41, 5.74) is 1.26. The van der Waals surface area contributed by atoms with Crippen molar-refractivity contribution in [2.45, 2.75) is 12.8 Å². The summed E-state index contributed by atoms with van der Waals surface area (Å²) < 4.78 is 1.11. The molecule has 0 aliphatic carbocycles. The molecule has 1 heterocycles. The molecule has 5 heteroatoms. The first-order valence-corrected chi connectivity index (χ1v) is 7.90. The van der Waals surface area contributed by atoms with Gasteiger partial charge in [-0.2, -0.15) is 0 Å². The number of nitrogens with one attached hydrogen (secondary N) is 2. The van der Waals surface area contributed by atoms with Gasteiger partial charge < -0.3 is 15.5 Å². The van der Waals surface area contributed by atoms with Crippen LogP contribution in [0, 0.1) is 5.92 Å². The van der Waals surface area contributed by atoms with Crippen molar-refractivity contribution in [2.75, 3.05) is 38.1 Å². The molecule has 1 saturated heterocycles. The van der Waals surface area contributed by atoms with Crippen molar-refractivity contribution in [1.29, 1.82) is 0 Å². The fourth-order valence-corrected chi connectivity index (χ4v) is 2.74. The van der Waals surface area contributed by atoms with Gasteiger partial charge in [-0.05, 0) is 43.7 Å². The molecular weight excluding hydrogens is 318 g/mol. The predicted molar refractivity (Wildman–Crippen MR) is 86.0 cm³/mol. The van der Waals surface area contributed by atoms with Gasteiger partial charge in [0, 0.05) is 42.8 Å². The van der Waals surface area contributed by atoms with E-state index in [9.17, 15) is 4.79 Å². The van der Waals surface area contributed by atoms with E-state index in [0.29, 0.717) is 12.3 Å². The largest absolute Gasteiger partial charge is 0.371 e. The average Bonchev–Trinajstić information content (AvgIpc) is 2.92. The maximum atomic E-state index is 11.6. The number of halogens is 1. The second-order valence-electron chi connectivity index (χ2n) is 5.23. The Kier molecular flexibility index (Phi) is 5.86. The average molecular weight is 340 g/mol. The zero-order valence-electron chi connectivity index (χ0n) is 11.9. The molecule has 1 aromatic carbocycles. The molecule has 1 fully saturated rings. The Hall–Kier alpha value is -1.07. The van der Waals surface area contributed by atoms with Gasteiger partial charge in [-0.25, -0.2) is 0 Å². The van der Waals surface area contributed by atoms with Crippen molar-refractivity contribution < 1.29 is 4.79 Å². The summed E-state index contributed by atoms with van der Waals surface area (Å²) in [7, 11) is 1.86. The molecule has 0 saturated carbocycles. The zero-order valence-corrected chi connectivity index (χ0v) is 13.4. The standard InChI is InChI=1S/C15H22BrN3O/c1-17-8-6-15(20)18-10-12-7-9-19(11-12)14-4-2-13(16)3-5-14/h2-5,12,17H,6-11H2,1H3,(H,18,20). The van der Waals surface area contributed by atoms with Crippen LogP contribution in [0.3, 0.4) is 0 Å². The summed E-state index contributed by atoms with van der Waals surface area (Å²) in [4.78, 5) is 14.0. The summed E-state index contributed by atoms with van der Waals surface area (Å²) in [5.74, 6) is 0.693. The Labute approximate surface area is 129 Å². The number of hydrogen-bond acceptors (Lipinski definition) is 3. The Balaban J connectivity index is 1.75. The van der Waals surface area contributed by atoms with Gasteiger partial charge in [-0.3, -0.25) is 4.79 Å². The first-order valence-electron chi connectivity index (χ1n) is 7.11. The summed E-state index contributed by atoms with van der Waals surface area (Å²) in [5, 5.41) is 6.01. The summed E-state index contributed by atoms with van der Waals surface area (Å²) in [6.07, 6.45) is 1.70. The molecule has 1 aromatic rings. The molecule has 1 atom stereocenters. The van der Waals surface area contributed by atoms with E-state index in [2.05, 4.69) is 55.7 Å². The molecule has 20 heavy (non-hydrogen) atoms. The van der Waals surface area contributed by atoms with Crippen molar-refractivity contribution in [3.05, 3.63) is 28.7 Å². The van der Waals surface area contributed by atoms with Crippen molar-refractivity contribution in [1.82, 2.24) is 10.6 Å². The Morgan fingerprint density at radius 2 is 2.15 bits per heavy atom. The lowest BCUT2D eigenvalue weighted by atomic mass is 10.1. The smallest absolute Gasteiger partial charge is 0.221 e. The zero-order chi connectivity index (χ0) is 14.4. The van der Waals surface area contributed by atoms with E-state index in [0.717, 1.165) is 37.1 Å². The van der Waals surface area contributed by atoms with Gasteiger partial charge in [0.25, 0.3) is 0 Å². The Morgan fingerprint density at radius 1 is 1.40 bits per heavy atom. The van der Waals surface area contributed by atoms with Crippen LogP contribution < -0.4 is 15.5 Å². The molecule has 1 aliphatic rings. The molecular formula is C15H22BrN3O. The number of nitrogens with zero attached hydrogens (tertiary/aromatic N) is 1. The second-order valence-corrected chi connectivity index (χ2v) is 6.15. The van der Waals surface area contributed by atoms with E-state index in [1.54, 1.807) is 0 Å². The molecule has 0 aromatic heterocycles. The van der Waals surface area contributed by atoms with Gasteiger partial charge in [0.2, 0.25) is 5.91 Å². The third-order valence-electron chi connectivity index (χ3n) is 3.67. The number of amides is 1. The fourth-order valence-electron chi connectivity index (χ4n) is 2.47. The van der Waals surface area contributed by atoms with Crippen molar-refractivity contribution in [3.8, 4) is 0 Å². The van der Waals surface area contributed by atoms with Crippen LogP contribution in [0.2, 0.25) is 0 Å². The predicted octanol–water partition coefficient (Wildman–Crippen LogP) is 2.00. The first kappa shape index (κ1) is 15.3. The molecule has 0 radical (unpaired) electrons. The number of rotatable bonds is 6. The highest BCUT2D eigenvalue weighted by atomic mass is 79.9. The summed E-state index contributed by atoms with van der Waals surface area (Å²) in [6.45, 7) is 3.61. The summed E-state index contributed by atoms with van der Waals surface area (Å²) >= 11 is 3.46. The van der Waals surface area contributed by atoms with E-state index in [-0.39, 0.29) is 5.91 Å². The van der Waals surface area contributed by atoms with Crippen LogP contribution in [0.5, 0.6) is 0 Å². The number of carbonyl (C=O) groups excluding carboxylic acids is 1. The van der Waals surface area contributed by atoms with Crippen molar-refractivity contribution >= 4 is 27.5 Å². The van der Waals surface area contributed by atoms with Gasteiger partial charge in [-0.15, -0.1) is 0 Å². The van der Waals surface area contributed by atoms with Crippen LogP contribution in [0.25, 0.3) is 0 Å². The van der Waals surface area contributed by atoms with E-state index >= 15 is 0 Å². The van der Waals surface area contributed by atoms with Crippen molar-refractivity contribution in [3.63, 3.8) is 0 Å². The highest BCUT2D eigenvalue weighted by Crippen LogP contribution is 2.24. The highest BCUT2D eigenvalue weighted by molar-refractivity contribution is 9.10. The third kappa shape index (κ3) is 4.49. The Bertz CT molecular complexity index is 435. The van der Waals surface area contributed by atoms with Gasteiger partial charge in [0.15, 0.2) is 0 Å². The molecule has 4 nitrogen and oxygen atoms in total. The molecule has 1 unspecified atom stereocenters. The molecule has 1 aliphatic heterocycles. The summed E-state index contributed by atoms with van der Waals surface area (Å²) in [6, 6.07) is 8.42. The van der Waals surface area contributed by atoms with Crippen molar-refractivity contribution in [2.24, 2.45) is 5.92 Å². The van der Waals surface area contributed by atoms with Crippen LogP contribution >= 0.6 is 15.9 Å². The van der Waals surface area contributed by atoms with Crippen LogP contribution in [-0.2, 0) is 4.79 Å². The lowest BCUT2D eigenvalue weighted by Gasteiger charge is -2.19. The molecule has 2 rings (SSSR count). The molecule has 0 spiro atoms. The molecule has 1 amide bonds. The number of anilines is 1. The van der Waals surface area contributed by atoms with Crippen LogP contribution in [0.1, 0.15) is 12.8 Å². The molecule has 2 N–H and O–H groups in total. The minimum absolute atomic E-state index is 0.140. The van der Waals surface area contributed by atoms with Gasteiger partial charge in [-0.1, -0.05) is 15.9 Å². The number of hydrogen-bond donors (Lipinski definition) is 2. The maximum Gasteiger partial charge on any atom is 0.221 e. The second kappa shape index (κ2) is 7.64. The van der Waals surface area contributed by atoms with Gasteiger partial charge in [0.1, 0.15) is 0 Å². The number of benzene rings is 1. The monoisotopic (exact) mass is 339 g/mol. The highest BCUT2D eigenvalue weighted by Gasteiger charge is 2.22. The lowest BCUT2D eigenvalue weighted by molar-refractivity contribution is -0.121. The van der Waals surface area contributed by atoms with E-state index < -0.39 is 0 Å².